The molecule has 0 aliphatic carbocycles. The van der Waals surface area contributed by atoms with E-state index in [4.69, 9.17) is 0 Å². The molecule has 0 saturated heterocycles. The molecule has 2 aromatic heterocycles. The van der Waals surface area contributed by atoms with Crippen molar-refractivity contribution in [2.75, 3.05) is 6.54 Å². The quantitative estimate of drug-likeness (QED) is 0.730. The Morgan fingerprint density at radius 3 is 2.62 bits per heavy atom. The predicted molar refractivity (Wildman–Crippen MR) is 91.3 cm³/mol. The number of hydrogen-bond donors (Lipinski definition) is 0. The lowest BCUT2D eigenvalue weighted by molar-refractivity contribution is 0.0734. The average Bonchev–Trinajstić information content (AvgIpc) is 3.07. The van der Waals surface area contributed by atoms with Gasteiger partial charge in [0.25, 0.3) is 5.91 Å². The van der Waals surface area contributed by atoms with Crippen molar-refractivity contribution in [1.82, 2.24) is 19.7 Å². The summed E-state index contributed by atoms with van der Waals surface area (Å²) in [4.78, 5) is 19.0. The van der Waals surface area contributed by atoms with Crippen molar-refractivity contribution in [1.29, 1.82) is 0 Å². The van der Waals surface area contributed by atoms with Crippen molar-refractivity contribution in [2.45, 2.75) is 13.0 Å². The zero-order valence-corrected chi connectivity index (χ0v) is 13.5. The van der Waals surface area contributed by atoms with Crippen molar-refractivity contribution in [3.05, 3.63) is 71.7 Å². The molecule has 4 rings (SSSR count). The van der Waals surface area contributed by atoms with Gasteiger partial charge in [0.15, 0.2) is 0 Å². The van der Waals surface area contributed by atoms with Gasteiger partial charge in [-0.3, -0.25) is 14.5 Å². The molecular formula is C19H18N4O. The highest BCUT2D eigenvalue weighted by Gasteiger charge is 2.21. The van der Waals surface area contributed by atoms with Crippen LogP contribution in [0.5, 0.6) is 0 Å². The van der Waals surface area contributed by atoms with E-state index in [0.29, 0.717) is 12.1 Å². The van der Waals surface area contributed by atoms with Gasteiger partial charge in [0, 0.05) is 38.1 Å². The highest BCUT2D eigenvalue weighted by molar-refractivity contribution is 5.94. The van der Waals surface area contributed by atoms with E-state index in [2.05, 4.69) is 28.3 Å². The molecule has 1 amide bonds. The second-order valence-electron chi connectivity index (χ2n) is 6.08. The van der Waals surface area contributed by atoms with Gasteiger partial charge >= 0.3 is 0 Å². The number of carbonyl (C=O) groups excluding carboxylic acids is 1. The Balaban J connectivity index is 1.53. The number of benzene rings is 1. The molecule has 0 N–H and O–H groups in total. The smallest absolute Gasteiger partial charge is 0.255 e. The van der Waals surface area contributed by atoms with Crippen molar-refractivity contribution in [3.8, 4) is 11.3 Å². The highest BCUT2D eigenvalue weighted by Crippen LogP contribution is 2.21. The summed E-state index contributed by atoms with van der Waals surface area (Å²) in [7, 11) is 1.87. The lowest BCUT2D eigenvalue weighted by Gasteiger charge is -2.28. The molecular weight excluding hydrogens is 300 g/mol. The molecule has 0 bridgehead atoms. The third-order valence-corrected chi connectivity index (χ3v) is 4.43. The minimum absolute atomic E-state index is 0.0368. The number of hydrogen-bond acceptors (Lipinski definition) is 3. The average molecular weight is 318 g/mol. The monoisotopic (exact) mass is 318 g/mol. The minimum Gasteiger partial charge on any atom is -0.334 e. The number of amides is 1. The fraction of sp³-hybridized carbons (Fsp3) is 0.211. The van der Waals surface area contributed by atoms with Gasteiger partial charge in [-0.05, 0) is 29.7 Å². The number of nitrogens with zero attached hydrogens (tertiary/aromatic N) is 4. The van der Waals surface area contributed by atoms with E-state index < -0.39 is 0 Å². The van der Waals surface area contributed by atoms with Crippen LogP contribution in [0.25, 0.3) is 11.3 Å². The second-order valence-corrected chi connectivity index (χ2v) is 6.08. The van der Waals surface area contributed by atoms with Gasteiger partial charge in [0.1, 0.15) is 0 Å². The van der Waals surface area contributed by atoms with Crippen LogP contribution >= 0.6 is 0 Å². The fourth-order valence-electron chi connectivity index (χ4n) is 3.10. The van der Waals surface area contributed by atoms with Crippen LogP contribution < -0.4 is 0 Å². The summed E-state index contributed by atoms with van der Waals surface area (Å²) in [6, 6.07) is 12.0. The fourth-order valence-corrected chi connectivity index (χ4v) is 3.10. The molecule has 1 aliphatic heterocycles. The standard InChI is InChI=1S/C19H18N4O/c1-22-12-17(11-21-22)18-7-6-15(10-20-18)19(24)23-9-8-14-4-2-3-5-16(14)13-23/h2-7,10-12H,8-9,13H2,1H3. The first-order valence-electron chi connectivity index (χ1n) is 8.02. The predicted octanol–water partition coefficient (Wildman–Crippen LogP) is 2.68. The first-order chi connectivity index (χ1) is 11.7. The van der Waals surface area contributed by atoms with E-state index in [-0.39, 0.29) is 5.91 Å². The SMILES string of the molecule is Cn1cc(-c2ccc(C(=O)N3CCc4ccccc4C3)cn2)cn1. The van der Waals surface area contributed by atoms with E-state index in [1.807, 2.05) is 36.3 Å². The number of pyridine rings is 1. The topological polar surface area (TPSA) is 51.0 Å². The first-order valence-corrected chi connectivity index (χ1v) is 8.02. The Morgan fingerprint density at radius 1 is 1.08 bits per heavy atom. The minimum atomic E-state index is 0.0368. The molecule has 0 radical (unpaired) electrons. The molecule has 0 fully saturated rings. The molecule has 0 unspecified atom stereocenters. The largest absolute Gasteiger partial charge is 0.334 e. The molecule has 1 aliphatic rings. The molecule has 5 heteroatoms. The molecule has 0 atom stereocenters. The van der Waals surface area contributed by atoms with Gasteiger partial charge in [-0.15, -0.1) is 0 Å². The van der Waals surface area contributed by atoms with Gasteiger partial charge < -0.3 is 4.90 Å². The molecule has 5 nitrogen and oxygen atoms in total. The summed E-state index contributed by atoms with van der Waals surface area (Å²) in [5.41, 5.74) is 4.97. The third kappa shape index (κ3) is 2.69. The summed E-state index contributed by atoms with van der Waals surface area (Å²) < 4.78 is 1.74. The molecule has 1 aromatic carbocycles. The van der Waals surface area contributed by atoms with E-state index in [9.17, 15) is 4.79 Å². The van der Waals surface area contributed by atoms with Crippen LogP contribution in [0.4, 0.5) is 0 Å². The van der Waals surface area contributed by atoms with Gasteiger partial charge in [-0.2, -0.15) is 5.10 Å². The Morgan fingerprint density at radius 2 is 1.92 bits per heavy atom. The zero-order chi connectivity index (χ0) is 16.5. The Bertz CT molecular complexity index is 882. The summed E-state index contributed by atoms with van der Waals surface area (Å²) >= 11 is 0. The second kappa shape index (κ2) is 5.92. The summed E-state index contributed by atoms with van der Waals surface area (Å²) in [6.45, 7) is 1.42. The van der Waals surface area contributed by atoms with Crippen molar-refractivity contribution < 1.29 is 4.79 Å². The summed E-state index contributed by atoms with van der Waals surface area (Å²) in [5, 5.41) is 4.15. The third-order valence-electron chi connectivity index (χ3n) is 4.43. The van der Waals surface area contributed by atoms with E-state index in [1.165, 1.54) is 11.1 Å². The van der Waals surface area contributed by atoms with Gasteiger partial charge in [0.05, 0.1) is 17.5 Å². The molecule has 0 saturated carbocycles. The van der Waals surface area contributed by atoms with Crippen molar-refractivity contribution in [2.24, 2.45) is 7.05 Å². The summed E-state index contributed by atoms with van der Waals surface area (Å²) in [6.07, 6.45) is 6.24. The highest BCUT2D eigenvalue weighted by atomic mass is 16.2. The molecule has 3 aromatic rings. The Labute approximate surface area is 140 Å². The maximum absolute atomic E-state index is 12.7. The van der Waals surface area contributed by atoms with Crippen LogP contribution in [0.3, 0.4) is 0 Å². The molecule has 24 heavy (non-hydrogen) atoms. The van der Waals surface area contributed by atoms with Gasteiger partial charge in [0.2, 0.25) is 0 Å². The van der Waals surface area contributed by atoms with Crippen LogP contribution in [0.15, 0.2) is 55.0 Å². The first kappa shape index (κ1) is 14.6. The number of rotatable bonds is 2. The van der Waals surface area contributed by atoms with Crippen LogP contribution in [0.1, 0.15) is 21.5 Å². The van der Waals surface area contributed by atoms with Crippen molar-refractivity contribution in [3.63, 3.8) is 0 Å². The Kier molecular flexibility index (Phi) is 3.61. The van der Waals surface area contributed by atoms with E-state index in [0.717, 1.165) is 24.2 Å². The van der Waals surface area contributed by atoms with Crippen LogP contribution in [-0.2, 0) is 20.0 Å². The lowest BCUT2D eigenvalue weighted by Crippen LogP contribution is -2.35. The number of aryl methyl sites for hydroxylation is 1. The normalized spacial score (nSPS) is 13.6. The maximum Gasteiger partial charge on any atom is 0.255 e. The molecule has 0 spiro atoms. The van der Waals surface area contributed by atoms with Crippen LogP contribution in [0, 0.1) is 0 Å². The van der Waals surface area contributed by atoms with Crippen LogP contribution in [0.2, 0.25) is 0 Å². The maximum atomic E-state index is 12.7. The van der Waals surface area contributed by atoms with E-state index in [1.54, 1.807) is 17.1 Å². The number of carbonyl (C=O) groups is 1. The zero-order valence-electron chi connectivity index (χ0n) is 13.5. The lowest BCUT2D eigenvalue weighted by atomic mass is 9.99. The van der Waals surface area contributed by atoms with Gasteiger partial charge in [-0.25, -0.2) is 0 Å². The molecule has 120 valence electrons. The number of fused-ring (bicyclic) bond motifs is 1. The van der Waals surface area contributed by atoms with Gasteiger partial charge in [-0.1, -0.05) is 24.3 Å². The van der Waals surface area contributed by atoms with Crippen molar-refractivity contribution >= 4 is 5.91 Å². The molecule has 3 heterocycles. The van der Waals surface area contributed by atoms with E-state index >= 15 is 0 Å². The van der Waals surface area contributed by atoms with Crippen LogP contribution in [-0.4, -0.2) is 32.1 Å². The Hall–Kier alpha value is -2.95. The number of aromatic nitrogens is 3. The summed E-state index contributed by atoms with van der Waals surface area (Å²) in [5.74, 6) is 0.0368.